The van der Waals surface area contributed by atoms with Crippen molar-refractivity contribution >= 4 is 43.6 Å². The Bertz CT molecular complexity index is 525. The number of piperidine rings is 1. The fourth-order valence-corrected chi connectivity index (χ4v) is 5.79. The smallest absolute Gasteiger partial charge is 0.252 e. The van der Waals surface area contributed by atoms with Gasteiger partial charge in [0.1, 0.15) is 10.5 Å². The van der Waals surface area contributed by atoms with Crippen molar-refractivity contribution in [1.82, 2.24) is 4.31 Å². The van der Waals surface area contributed by atoms with Crippen LogP contribution in [0.4, 0.5) is 0 Å². The van der Waals surface area contributed by atoms with Gasteiger partial charge in [-0.15, -0.1) is 11.3 Å². The van der Waals surface area contributed by atoms with Crippen LogP contribution in [-0.2, 0) is 14.8 Å². The molecule has 1 aliphatic heterocycles. The van der Waals surface area contributed by atoms with E-state index < -0.39 is 10.0 Å². The minimum absolute atomic E-state index is 0.00765. The first-order valence-corrected chi connectivity index (χ1v) is 8.71. The van der Waals surface area contributed by atoms with Gasteiger partial charge in [0, 0.05) is 19.0 Å². The van der Waals surface area contributed by atoms with E-state index in [1.54, 1.807) is 6.07 Å². The monoisotopic (exact) mass is 351 g/mol. The van der Waals surface area contributed by atoms with Crippen LogP contribution in [-0.4, -0.2) is 32.1 Å². The van der Waals surface area contributed by atoms with E-state index in [1.807, 2.05) is 6.92 Å². The van der Waals surface area contributed by atoms with Gasteiger partial charge in [0.15, 0.2) is 0 Å². The molecular weight excluding hydrogens is 338 g/mol. The third-order valence-corrected chi connectivity index (χ3v) is 7.60. The van der Waals surface area contributed by atoms with Crippen LogP contribution in [0.15, 0.2) is 14.1 Å². The molecule has 18 heavy (non-hydrogen) atoms. The number of hydrogen-bond donors (Lipinski definition) is 0. The fourth-order valence-electron chi connectivity index (χ4n) is 1.94. The van der Waals surface area contributed by atoms with Crippen molar-refractivity contribution in [1.29, 1.82) is 0 Å². The van der Waals surface area contributed by atoms with Gasteiger partial charge in [0.05, 0.1) is 3.79 Å². The first-order valence-electron chi connectivity index (χ1n) is 5.66. The van der Waals surface area contributed by atoms with Crippen LogP contribution in [0.5, 0.6) is 0 Å². The summed E-state index contributed by atoms with van der Waals surface area (Å²) in [6, 6.07) is 1.69. The lowest BCUT2D eigenvalue weighted by Gasteiger charge is -2.28. The van der Waals surface area contributed by atoms with E-state index in [0.717, 1.165) is 15.6 Å². The van der Waals surface area contributed by atoms with Crippen molar-refractivity contribution in [3.05, 3.63) is 15.4 Å². The molecule has 7 heteroatoms. The Hall–Kier alpha value is -0.240. The molecule has 0 bridgehead atoms. The molecule has 0 aliphatic carbocycles. The minimum atomic E-state index is -3.39. The van der Waals surface area contributed by atoms with E-state index in [4.69, 9.17) is 0 Å². The Morgan fingerprint density at radius 1 is 1.44 bits per heavy atom. The summed E-state index contributed by atoms with van der Waals surface area (Å²) in [5.74, 6) is 0.00765. The van der Waals surface area contributed by atoms with Gasteiger partial charge in [-0.3, -0.25) is 0 Å². The molecule has 0 atom stereocenters. The van der Waals surface area contributed by atoms with Gasteiger partial charge < -0.3 is 4.79 Å². The second-order valence-electron chi connectivity index (χ2n) is 4.40. The lowest BCUT2D eigenvalue weighted by molar-refractivity contribution is -0.112. The molecule has 2 rings (SSSR count). The van der Waals surface area contributed by atoms with Crippen molar-refractivity contribution in [3.63, 3.8) is 0 Å². The van der Waals surface area contributed by atoms with E-state index in [1.165, 1.54) is 15.6 Å². The van der Waals surface area contributed by atoms with E-state index in [2.05, 4.69) is 15.9 Å². The van der Waals surface area contributed by atoms with Crippen molar-refractivity contribution in [3.8, 4) is 0 Å². The van der Waals surface area contributed by atoms with Crippen LogP contribution < -0.4 is 0 Å². The summed E-state index contributed by atoms with van der Waals surface area (Å²) in [5.41, 5.74) is 0.932. The zero-order valence-corrected chi connectivity index (χ0v) is 13.1. The molecule has 0 aromatic carbocycles. The molecule has 4 nitrogen and oxygen atoms in total. The highest BCUT2D eigenvalue weighted by molar-refractivity contribution is 9.11. The van der Waals surface area contributed by atoms with Gasteiger partial charge in [-0.25, -0.2) is 8.42 Å². The van der Waals surface area contributed by atoms with Gasteiger partial charge in [0.25, 0.3) is 10.0 Å². The zero-order valence-electron chi connectivity index (χ0n) is 9.93. The second-order valence-corrected chi connectivity index (χ2v) is 8.93. The number of nitrogens with zero attached hydrogens (tertiary/aromatic N) is 1. The quantitative estimate of drug-likeness (QED) is 0.785. The average Bonchev–Trinajstić information content (AvgIpc) is 2.70. The lowest BCUT2D eigenvalue weighted by Crippen LogP contribution is -2.38. The number of rotatable bonds is 3. The number of carbonyl (C=O) groups is 1. The third kappa shape index (κ3) is 2.68. The van der Waals surface area contributed by atoms with E-state index in [0.29, 0.717) is 30.1 Å². The summed E-state index contributed by atoms with van der Waals surface area (Å²) in [7, 11) is -3.39. The first-order chi connectivity index (χ1) is 8.45. The Morgan fingerprint density at radius 2 is 2.06 bits per heavy atom. The predicted molar refractivity (Wildman–Crippen MR) is 74.3 cm³/mol. The summed E-state index contributed by atoms with van der Waals surface area (Å²) < 4.78 is 27.4. The van der Waals surface area contributed by atoms with Crippen LogP contribution in [0.3, 0.4) is 0 Å². The number of carbonyl (C=O) groups excluding carboxylic acids is 1. The Morgan fingerprint density at radius 3 is 2.50 bits per heavy atom. The van der Waals surface area contributed by atoms with Gasteiger partial charge in [0.2, 0.25) is 0 Å². The molecule has 0 unspecified atom stereocenters. The maximum atomic E-state index is 12.4. The highest BCUT2D eigenvalue weighted by Gasteiger charge is 2.30. The highest BCUT2D eigenvalue weighted by atomic mass is 79.9. The van der Waals surface area contributed by atoms with Gasteiger partial charge in [-0.1, -0.05) is 0 Å². The molecule has 0 N–H and O–H groups in total. The first kappa shape index (κ1) is 14.2. The average molecular weight is 352 g/mol. The molecular formula is C11H14BrNO3S2. The number of aldehydes is 1. The Labute approximate surface area is 119 Å². The van der Waals surface area contributed by atoms with Gasteiger partial charge in [-0.2, -0.15) is 4.31 Å². The molecule has 100 valence electrons. The Kier molecular flexibility index (Phi) is 4.25. The molecule has 0 spiro atoms. The molecule has 1 aromatic heterocycles. The normalized spacial score (nSPS) is 19.0. The third-order valence-electron chi connectivity index (χ3n) is 3.12. The minimum Gasteiger partial charge on any atom is -0.303 e. The summed E-state index contributed by atoms with van der Waals surface area (Å²) in [5, 5.41) is 0. The second kappa shape index (κ2) is 5.40. The number of aryl methyl sites for hydroxylation is 1. The number of thiophene rings is 1. The van der Waals surface area contributed by atoms with Crippen LogP contribution in [0.25, 0.3) is 0 Å². The largest absolute Gasteiger partial charge is 0.303 e. The van der Waals surface area contributed by atoms with Gasteiger partial charge in [-0.05, 0) is 47.3 Å². The molecule has 1 aromatic rings. The Balaban J connectivity index is 2.19. The van der Waals surface area contributed by atoms with E-state index in [9.17, 15) is 13.2 Å². The fraction of sp³-hybridized carbons (Fsp3) is 0.545. The molecule has 1 saturated heterocycles. The molecule has 0 saturated carbocycles. The van der Waals surface area contributed by atoms with E-state index >= 15 is 0 Å². The summed E-state index contributed by atoms with van der Waals surface area (Å²) in [6.45, 7) is 2.73. The molecule has 1 aliphatic rings. The maximum Gasteiger partial charge on any atom is 0.252 e. The van der Waals surface area contributed by atoms with Crippen LogP contribution in [0.2, 0.25) is 0 Å². The molecule has 2 heterocycles. The molecule has 0 amide bonds. The van der Waals surface area contributed by atoms with Crippen molar-refractivity contribution < 1.29 is 13.2 Å². The molecule has 1 fully saturated rings. The highest BCUT2D eigenvalue weighted by Crippen LogP contribution is 2.33. The van der Waals surface area contributed by atoms with Crippen molar-refractivity contribution in [2.45, 2.75) is 24.0 Å². The van der Waals surface area contributed by atoms with Crippen LogP contribution in [0, 0.1) is 12.8 Å². The van der Waals surface area contributed by atoms with Gasteiger partial charge >= 0.3 is 0 Å². The molecule has 0 radical (unpaired) electrons. The zero-order chi connectivity index (χ0) is 13.3. The number of sulfonamides is 1. The van der Waals surface area contributed by atoms with Crippen molar-refractivity contribution in [2.24, 2.45) is 5.92 Å². The lowest BCUT2D eigenvalue weighted by atomic mass is 10.0. The summed E-state index contributed by atoms with van der Waals surface area (Å²) in [6.07, 6.45) is 2.17. The maximum absolute atomic E-state index is 12.4. The number of hydrogen-bond acceptors (Lipinski definition) is 4. The van der Waals surface area contributed by atoms with Crippen molar-refractivity contribution in [2.75, 3.05) is 13.1 Å². The predicted octanol–water partition coefficient (Wildman–Crippen LogP) is 2.42. The topological polar surface area (TPSA) is 54.5 Å². The summed E-state index contributed by atoms with van der Waals surface area (Å²) in [4.78, 5) is 10.7. The van der Waals surface area contributed by atoms with Crippen LogP contribution >= 0.6 is 27.3 Å². The van der Waals surface area contributed by atoms with Crippen LogP contribution in [0.1, 0.15) is 18.4 Å². The summed E-state index contributed by atoms with van der Waals surface area (Å²) >= 11 is 4.58. The number of halogens is 1. The van der Waals surface area contributed by atoms with E-state index in [-0.39, 0.29) is 5.92 Å². The standard InChI is InChI=1S/C11H14BrNO3S2/c1-8-6-10(17-11(8)12)18(15,16)13-4-2-9(7-14)3-5-13/h6-7,9H,2-5H2,1H3. The SMILES string of the molecule is Cc1cc(S(=O)(=O)N2CCC(C=O)CC2)sc1Br.